The highest BCUT2D eigenvalue weighted by Gasteiger charge is 2.33. The van der Waals surface area contributed by atoms with Gasteiger partial charge in [0.05, 0.1) is 6.54 Å². The van der Waals surface area contributed by atoms with E-state index in [1.807, 2.05) is 0 Å². The molecule has 1 aliphatic carbocycles. The third-order valence-corrected chi connectivity index (χ3v) is 3.78. The normalized spacial score (nSPS) is 30.9. The molecule has 0 amide bonds. The molecule has 0 spiro atoms. The molecule has 0 aromatic heterocycles. The number of hydrogen-bond acceptors (Lipinski definition) is 2. The van der Waals surface area contributed by atoms with Gasteiger partial charge in [-0.2, -0.15) is 0 Å². The minimum absolute atomic E-state index is 0.222. The maximum Gasteiger partial charge on any atom is 0.250 e. The second-order valence-corrected chi connectivity index (χ2v) is 4.99. The van der Waals surface area contributed by atoms with E-state index in [-0.39, 0.29) is 12.1 Å². The fraction of sp³-hybridized carbons (Fsp3) is 1.00. The van der Waals surface area contributed by atoms with Gasteiger partial charge in [-0.25, -0.2) is 8.78 Å². The van der Waals surface area contributed by atoms with Gasteiger partial charge in [0, 0.05) is 12.1 Å². The Labute approximate surface area is 97.0 Å². The molecule has 0 heterocycles. The van der Waals surface area contributed by atoms with Gasteiger partial charge < -0.3 is 11.1 Å². The minimum atomic E-state index is -2.28. The average molecular weight is 234 g/mol. The highest BCUT2D eigenvalue weighted by atomic mass is 19.3. The van der Waals surface area contributed by atoms with Crippen LogP contribution in [0, 0.1) is 5.92 Å². The predicted molar refractivity (Wildman–Crippen MR) is 62.7 cm³/mol. The quantitative estimate of drug-likeness (QED) is 0.741. The predicted octanol–water partition coefficient (Wildman–Crippen LogP) is 2.53. The van der Waals surface area contributed by atoms with Crippen LogP contribution >= 0.6 is 0 Å². The van der Waals surface area contributed by atoms with E-state index in [4.69, 9.17) is 5.73 Å². The number of halogens is 2. The molecule has 1 aliphatic rings. The summed E-state index contributed by atoms with van der Waals surface area (Å²) in [5, 5.41) is 2.97. The molecule has 3 N–H and O–H groups in total. The van der Waals surface area contributed by atoms with Crippen molar-refractivity contribution in [1.29, 1.82) is 0 Å². The Morgan fingerprint density at radius 1 is 1.38 bits per heavy atom. The molecule has 0 aromatic carbocycles. The van der Waals surface area contributed by atoms with E-state index in [1.54, 1.807) is 0 Å². The summed E-state index contributed by atoms with van der Waals surface area (Å²) in [5.41, 5.74) is 5.51. The number of nitrogens with one attached hydrogen (secondary N) is 1. The summed E-state index contributed by atoms with van der Waals surface area (Å²) < 4.78 is 24.4. The summed E-state index contributed by atoms with van der Waals surface area (Å²) >= 11 is 0. The van der Waals surface area contributed by atoms with Crippen LogP contribution in [0.3, 0.4) is 0 Å². The van der Waals surface area contributed by atoms with Crippen molar-refractivity contribution in [2.75, 3.05) is 13.1 Å². The zero-order valence-corrected chi connectivity index (χ0v) is 10.1. The zero-order chi connectivity index (χ0) is 12.0. The molecule has 2 nitrogen and oxygen atoms in total. The first-order valence-electron chi connectivity index (χ1n) is 6.35. The molecule has 4 heteroatoms. The molecule has 96 valence electrons. The summed E-state index contributed by atoms with van der Waals surface area (Å²) in [6, 6.07) is 0. The maximum absolute atomic E-state index is 12.2. The summed E-state index contributed by atoms with van der Waals surface area (Å²) in [4.78, 5) is 0. The van der Waals surface area contributed by atoms with Gasteiger partial charge in [-0.1, -0.05) is 19.8 Å². The maximum atomic E-state index is 12.2. The van der Waals surface area contributed by atoms with Crippen LogP contribution in [0.25, 0.3) is 0 Å². The lowest BCUT2D eigenvalue weighted by atomic mass is 9.75. The lowest BCUT2D eigenvalue weighted by Gasteiger charge is -2.40. The molecule has 0 unspecified atom stereocenters. The lowest BCUT2D eigenvalue weighted by Crippen LogP contribution is -2.54. The van der Waals surface area contributed by atoms with Gasteiger partial charge in [-0.05, 0) is 31.6 Å². The van der Waals surface area contributed by atoms with Crippen molar-refractivity contribution in [3.05, 3.63) is 0 Å². The number of rotatable bonds is 6. The van der Waals surface area contributed by atoms with E-state index < -0.39 is 6.43 Å². The van der Waals surface area contributed by atoms with Crippen molar-refractivity contribution in [3.8, 4) is 0 Å². The van der Waals surface area contributed by atoms with Crippen LogP contribution in [-0.2, 0) is 0 Å². The minimum Gasteiger partial charge on any atom is -0.329 e. The highest BCUT2D eigenvalue weighted by Crippen LogP contribution is 2.33. The van der Waals surface area contributed by atoms with Gasteiger partial charge >= 0.3 is 0 Å². The molecular weight excluding hydrogens is 210 g/mol. The van der Waals surface area contributed by atoms with Crippen LogP contribution in [0.5, 0.6) is 0 Å². The van der Waals surface area contributed by atoms with E-state index in [2.05, 4.69) is 12.2 Å². The molecule has 0 radical (unpaired) electrons. The van der Waals surface area contributed by atoms with Gasteiger partial charge in [0.15, 0.2) is 0 Å². The Bertz CT molecular complexity index is 189. The molecule has 1 saturated carbocycles. The standard InChI is InChI=1S/C12H24F2N2/c1-2-3-10-4-6-12(9-15,7-5-10)16-8-11(13)14/h10-11,16H,2-9,15H2,1H3. The first-order valence-corrected chi connectivity index (χ1v) is 6.35. The van der Waals surface area contributed by atoms with Crippen LogP contribution in [0.2, 0.25) is 0 Å². The Kier molecular flexibility index (Phi) is 5.62. The smallest absolute Gasteiger partial charge is 0.250 e. The average Bonchev–Trinajstić information content (AvgIpc) is 2.29. The van der Waals surface area contributed by atoms with Crippen LogP contribution in [0.4, 0.5) is 8.78 Å². The van der Waals surface area contributed by atoms with Gasteiger partial charge in [-0.15, -0.1) is 0 Å². The zero-order valence-electron chi connectivity index (χ0n) is 10.1. The van der Waals surface area contributed by atoms with E-state index in [0.717, 1.165) is 31.6 Å². The summed E-state index contributed by atoms with van der Waals surface area (Å²) in [6.45, 7) is 2.44. The molecule has 0 saturated heterocycles. The van der Waals surface area contributed by atoms with Gasteiger partial charge in [0.25, 0.3) is 6.43 Å². The van der Waals surface area contributed by atoms with Crippen molar-refractivity contribution in [2.45, 2.75) is 57.4 Å². The van der Waals surface area contributed by atoms with E-state index in [9.17, 15) is 8.78 Å². The molecule has 0 aliphatic heterocycles. The molecule has 1 rings (SSSR count). The summed E-state index contributed by atoms with van der Waals surface area (Å²) in [5.74, 6) is 0.776. The van der Waals surface area contributed by atoms with Crippen molar-refractivity contribution in [1.82, 2.24) is 5.32 Å². The van der Waals surface area contributed by atoms with Gasteiger partial charge in [0.1, 0.15) is 0 Å². The highest BCUT2D eigenvalue weighted by molar-refractivity contribution is 4.93. The Morgan fingerprint density at radius 2 is 2.00 bits per heavy atom. The van der Waals surface area contributed by atoms with Gasteiger partial charge in [-0.3, -0.25) is 0 Å². The SMILES string of the molecule is CCCC1CCC(CN)(NCC(F)F)CC1. The van der Waals surface area contributed by atoms with E-state index in [1.165, 1.54) is 12.8 Å². The number of hydrogen-bond donors (Lipinski definition) is 2. The van der Waals surface area contributed by atoms with Crippen LogP contribution < -0.4 is 11.1 Å². The summed E-state index contributed by atoms with van der Waals surface area (Å²) in [6.07, 6.45) is 4.33. The lowest BCUT2D eigenvalue weighted by molar-refractivity contribution is 0.111. The molecule has 0 bridgehead atoms. The first kappa shape index (κ1) is 13.8. The van der Waals surface area contributed by atoms with Crippen LogP contribution in [-0.4, -0.2) is 25.1 Å². The van der Waals surface area contributed by atoms with Crippen molar-refractivity contribution in [2.24, 2.45) is 11.7 Å². The largest absolute Gasteiger partial charge is 0.329 e. The van der Waals surface area contributed by atoms with Crippen molar-refractivity contribution in [3.63, 3.8) is 0 Å². The Morgan fingerprint density at radius 3 is 2.44 bits per heavy atom. The van der Waals surface area contributed by atoms with Crippen LogP contribution in [0.15, 0.2) is 0 Å². The topological polar surface area (TPSA) is 38.0 Å². The van der Waals surface area contributed by atoms with Crippen molar-refractivity contribution < 1.29 is 8.78 Å². The van der Waals surface area contributed by atoms with Gasteiger partial charge in [0.2, 0.25) is 0 Å². The fourth-order valence-corrected chi connectivity index (χ4v) is 2.67. The Balaban J connectivity index is 2.38. The summed E-state index contributed by atoms with van der Waals surface area (Å²) in [7, 11) is 0. The molecule has 16 heavy (non-hydrogen) atoms. The van der Waals surface area contributed by atoms with E-state index in [0.29, 0.717) is 6.54 Å². The number of nitrogens with two attached hydrogens (primary N) is 1. The molecule has 1 fully saturated rings. The first-order chi connectivity index (χ1) is 7.62. The fourth-order valence-electron chi connectivity index (χ4n) is 2.67. The Hall–Kier alpha value is -0.220. The second-order valence-electron chi connectivity index (χ2n) is 4.99. The molecule has 0 aromatic rings. The van der Waals surface area contributed by atoms with E-state index >= 15 is 0 Å². The molecular formula is C12H24F2N2. The third-order valence-electron chi connectivity index (χ3n) is 3.78. The van der Waals surface area contributed by atoms with Crippen LogP contribution in [0.1, 0.15) is 45.4 Å². The third kappa shape index (κ3) is 3.98. The molecule has 0 atom stereocenters. The monoisotopic (exact) mass is 234 g/mol. The number of alkyl halides is 2. The van der Waals surface area contributed by atoms with Crippen molar-refractivity contribution >= 4 is 0 Å². The second kappa shape index (κ2) is 6.50.